The van der Waals surface area contributed by atoms with E-state index in [0.717, 1.165) is 19.3 Å². The van der Waals surface area contributed by atoms with Crippen molar-refractivity contribution >= 4 is 15.9 Å². The van der Waals surface area contributed by atoms with E-state index in [1.54, 1.807) is 14.2 Å². The number of rotatable bonds is 4. The highest BCUT2D eigenvalue weighted by molar-refractivity contribution is 9.10. The molecule has 1 N–H and O–H groups in total. The SMILES string of the molecule is COCc1nc(C2(OC)CCC2)[nH]c(=O)c1Br. The van der Waals surface area contributed by atoms with E-state index >= 15 is 0 Å². The predicted molar refractivity (Wildman–Crippen MR) is 65.8 cm³/mol. The standard InChI is InChI=1S/C11H15BrN2O3/c1-16-6-7-8(12)9(15)14-10(13-7)11(17-2)4-3-5-11/h3-6H2,1-2H3,(H,13,14,15). The first kappa shape index (κ1) is 12.7. The molecule has 6 heteroatoms. The van der Waals surface area contributed by atoms with Crippen molar-refractivity contribution in [3.63, 3.8) is 0 Å². The Kier molecular flexibility index (Phi) is 3.65. The molecule has 0 saturated heterocycles. The minimum Gasteiger partial charge on any atom is -0.378 e. The van der Waals surface area contributed by atoms with E-state index in [-0.39, 0.29) is 5.56 Å². The largest absolute Gasteiger partial charge is 0.378 e. The molecule has 1 aliphatic rings. The average Bonchev–Trinajstić information content (AvgIpc) is 2.24. The number of ether oxygens (including phenoxy) is 2. The Bertz CT molecular complexity index is 463. The third-order valence-electron chi connectivity index (χ3n) is 3.20. The molecule has 0 aromatic carbocycles. The van der Waals surface area contributed by atoms with E-state index in [1.807, 2.05) is 0 Å². The van der Waals surface area contributed by atoms with Crippen LogP contribution in [0.25, 0.3) is 0 Å². The Morgan fingerprint density at radius 1 is 1.47 bits per heavy atom. The van der Waals surface area contributed by atoms with Crippen LogP contribution in [0.4, 0.5) is 0 Å². The molecule has 2 rings (SSSR count). The third kappa shape index (κ3) is 2.17. The lowest BCUT2D eigenvalue weighted by Crippen LogP contribution is -2.40. The summed E-state index contributed by atoms with van der Waals surface area (Å²) in [5, 5.41) is 0. The van der Waals surface area contributed by atoms with Crippen molar-refractivity contribution < 1.29 is 9.47 Å². The number of hydrogen-bond donors (Lipinski definition) is 1. The van der Waals surface area contributed by atoms with Crippen molar-refractivity contribution in [2.75, 3.05) is 14.2 Å². The zero-order valence-corrected chi connectivity index (χ0v) is 11.5. The normalized spacial score (nSPS) is 17.8. The van der Waals surface area contributed by atoms with Crippen LogP contribution in [-0.2, 0) is 21.7 Å². The summed E-state index contributed by atoms with van der Waals surface area (Å²) in [6.45, 7) is 0.303. The molecule has 1 aromatic rings. The third-order valence-corrected chi connectivity index (χ3v) is 4.01. The molecule has 17 heavy (non-hydrogen) atoms. The molecule has 0 amide bonds. The molecule has 0 unspecified atom stereocenters. The monoisotopic (exact) mass is 302 g/mol. The second-order valence-corrected chi connectivity index (χ2v) is 4.95. The van der Waals surface area contributed by atoms with E-state index < -0.39 is 5.60 Å². The number of halogens is 1. The summed E-state index contributed by atoms with van der Waals surface area (Å²) in [5.41, 5.74) is 0.00229. The lowest BCUT2D eigenvalue weighted by atomic mass is 9.79. The number of hydrogen-bond acceptors (Lipinski definition) is 4. The van der Waals surface area contributed by atoms with E-state index in [2.05, 4.69) is 25.9 Å². The van der Waals surface area contributed by atoms with Gasteiger partial charge < -0.3 is 14.5 Å². The van der Waals surface area contributed by atoms with Gasteiger partial charge in [0.15, 0.2) is 0 Å². The molecule has 0 bridgehead atoms. The Morgan fingerprint density at radius 2 is 2.18 bits per heavy atom. The van der Waals surface area contributed by atoms with Gasteiger partial charge >= 0.3 is 0 Å². The number of aromatic amines is 1. The fourth-order valence-electron chi connectivity index (χ4n) is 1.99. The Morgan fingerprint density at radius 3 is 2.65 bits per heavy atom. The van der Waals surface area contributed by atoms with Crippen LogP contribution < -0.4 is 5.56 Å². The molecule has 1 fully saturated rings. The van der Waals surface area contributed by atoms with Gasteiger partial charge in [-0.25, -0.2) is 4.98 Å². The molecule has 1 aromatic heterocycles. The van der Waals surface area contributed by atoms with Gasteiger partial charge in [0.05, 0.1) is 12.3 Å². The molecule has 1 heterocycles. The Labute approximate surface area is 108 Å². The van der Waals surface area contributed by atoms with Crippen molar-refractivity contribution in [2.24, 2.45) is 0 Å². The second kappa shape index (κ2) is 4.88. The topological polar surface area (TPSA) is 64.2 Å². The molecule has 0 spiro atoms. The van der Waals surface area contributed by atoms with Crippen LogP contribution in [0.15, 0.2) is 9.27 Å². The fourth-order valence-corrected chi connectivity index (χ4v) is 2.29. The zero-order chi connectivity index (χ0) is 12.5. The minimum atomic E-state index is -0.414. The first-order valence-electron chi connectivity index (χ1n) is 5.46. The summed E-state index contributed by atoms with van der Waals surface area (Å²) in [5.74, 6) is 0.603. The van der Waals surface area contributed by atoms with Crippen LogP contribution in [0.5, 0.6) is 0 Å². The minimum absolute atomic E-state index is 0.189. The van der Waals surface area contributed by atoms with E-state index in [9.17, 15) is 4.79 Å². The van der Waals surface area contributed by atoms with Gasteiger partial charge in [-0.2, -0.15) is 0 Å². The molecule has 1 saturated carbocycles. The van der Waals surface area contributed by atoms with E-state index in [4.69, 9.17) is 9.47 Å². The molecular weight excluding hydrogens is 288 g/mol. The zero-order valence-electron chi connectivity index (χ0n) is 9.88. The Hall–Kier alpha value is -0.720. The average molecular weight is 303 g/mol. The maximum absolute atomic E-state index is 11.8. The van der Waals surface area contributed by atoms with E-state index in [1.165, 1.54) is 0 Å². The lowest BCUT2D eigenvalue weighted by Gasteiger charge is -2.39. The van der Waals surface area contributed by atoms with Gasteiger partial charge in [-0.15, -0.1) is 0 Å². The number of nitrogens with zero attached hydrogens (tertiary/aromatic N) is 1. The molecule has 94 valence electrons. The van der Waals surface area contributed by atoms with Crippen LogP contribution in [0.1, 0.15) is 30.8 Å². The second-order valence-electron chi connectivity index (χ2n) is 4.16. The molecule has 0 aliphatic heterocycles. The summed E-state index contributed by atoms with van der Waals surface area (Å²) >= 11 is 3.22. The number of aromatic nitrogens is 2. The van der Waals surface area contributed by atoms with Crippen LogP contribution >= 0.6 is 15.9 Å². The van der Waals surface area contributed by atoms with Crippen molar-refractivity contribution in [2.45, 2.75) is 31.5 Å². The summed E-state index contributed by atoms with van der Waals surface area (Å²) in [7, 11) is 3.22. The number of methoxy groups -OCH3 is 2. The van der Waals surface area contributed by atoms with Gasteiger partial charge in [-0.05, 0) is 35.2 Å². The smallest absolute Gasteiger partial charge is 0.265 e. The summed E-state index contributed by atoms with van der Waals surface area (Å²) in [4.78, 5) is 19.0. The van der Waals surface area contributed by atoms with Gasteiger partial charge in [0, 0.05) is 14.2 Å². The summed E-state index contributed by atoms with van der Waals surface area (Å²) in [6.07, 6.45) is 2.87. The molecule has 0 radical (unpaired) electrons. The maximum atomic E-state index is 11.8. The highest BCUT2D eigenvalue weighted by Crippen LogP contribution is 2.42. The molecule has 1 aliphatic carbocycles. The van der Waals surface area contributed by atoms with Crippen LogP contribution in [0, 0.1) is 0 Å². The van der Waals surface area contributed by atoms with Crippen molar-refractivity contribution in [1.82, 2.24) is 9.97 Å². The fraction of sp³-hybridized carbons (Fsp3) is 0.636. The van der Waals surface area contributed by atoms with Crippen LogP contribution in [0.2, 0.25) is 0 Å². The predicted octanol–water partition coefficient (Wildman–Crippen LogP) is 1.70. The van der Waals surface area contributed by atoms with Crippen molar-refractivity contribution in [3.05, 3.63) is 26.3 Å². The maximum Gasteiger partial charge on any atom is 0.265 e. The van der Waals surface area contributed by atoms with Gasteiger partial charge in [0.2, 0.25) is 0 Å². The highest BCUT2D eigenvalue weighted by atomic mass is 79.9. The summed E-state index contributed by atoms with van der Waals surface area (Å²) in [6, 6.07) is 0. The number of nitrogens with one attached hydrogen (secondary N) is 1. The first-order valence-corrected chi connectivity index (χ1v) is 6.25. The van der Waals surface area contributed by atoms with Crippen LogP contribution in [0.3, 0.4) is 0 Å². The Balaban J connectivity index is 2.45. The summed E-state index contributed by atoms with van der Waals surface area (Å²) < 4.78 is 11.0. The highest BCUT2D eigenvalue weighted by Gasteiger charge is 2.41. The van der Waals surface area contributed by atoms with Crippen molar-refractivity contribution in [1.29, 1.82) is 0 Å². The van der Waals surface area contributed by atoms with E-state index in [0.29, 0.717) is 22.6 Å². The van der Waals surface area contributed by atoms with Crippen molar-refractivity contribution in [3.8, 4) is 0 Å². The van der Waals surface area contributed by atoms with Gasteiger partial charge in [0.25, 0.3) is 5.56 Å². The molecular formula is C11H15BrN2O3. The van der Waals surface area contributed by atoms with Gasteiger partial charge in [-0.3, -0.25) is 4.79 Å². The van der Waals surface area contributed by atoms with Gasteiger partial charge in [-0.1, -0.05) is 0 Å². The quantitative estimate of drug-likeness (QED) is 0.919. The number of H-pyrrole nitrogens is 1. The molecule has 5 nitrogen and oxygen atoms in total. The molecule has 0 atom stereocenters. The lowest BCUT2D eigenvalue weighted by molar-refractivity contribution is -0.0851. The van der Waals surface area contributed by atoms with Crippen LogP contribution in [-0.4, -0.2) is 24.2 Å². The van der Waals surface area contributed by atoms with Gasteiger partial charge in [0.1, 0.15) is 15.9 Å². The first-order chi connectivity index (χ1) is 8.13.